The molecule has 19 heavy (non-hydrogen) atoms. The quantitative estimate of drug-likeness (QED) is 0.278. The van der Waals surface area contributed by atoms with E-state index in [0.29, 0.717) is 0 Å². The van der Waals surface area contributed by atoms with Gasteiger partial charge in [0, 0.05) is 0 Å². The fraction of sp³-hybridized carbons (Fsp3) is 0.889. The first kappa shape index (κ1) is 19.3. The molecule has 0 fully saturated rings. The van der Waals surface area contributed by atoms with Gasteiger partial charge in [0.15, 0.2) is 0 Å². The van der Waals surface area contributed by atoms with Crippen molar-refractivity contribution in [3.05, 3.63) is 11.0 Å². The Hall–Kier alpha value is 0.272. The number of hydrogen-bond acceptors (Lipinski definition) is 0. The second kappa shape index (κ2) is 13.3. The third kappa shape index (κ3) is 14.5. The predicted molar refractivity (Wildman–Crippen MR) is 92.2 cm³/mol. The SMILES string of the molecule is CCCCCCCC/C=[CH]/[Al]([CH2]C(C)C)[CH2]C(C)C. The molecule has 1 heteroatoms. The highest BCUT2D eigenvalue weighted by atomic mass is 27.2. The Labute approximate surface area is 127 Å². The minimum Gasteiger partial charge on any atom is -0.148 e. The van der Waals surface area contributed by atoms with Gasteiger partial charge in [0.2, 0.25) is 0 Å². The molecule has 0 heterocycles. The van der Waals surface area contributed by atoms with Crippen molar-refractivity contribution < 1.29 is 0 Å². The van der Waals surface area contributed by atoms with E-state index >= 15 is 0 Å². The van der Waals surface area contributed by atoms with Crippen molar-refractivity contribution in [3.63, 3.8) is 0 Å². The van der Waals surface area contributed by atoms with Crippen LogP contribution in [0.5, 0.6) is 0 Å². The molecule has 0 bridgehead atoms. The van der Waals surface area contributed by atoms with Crippen LogP contribution in [-0.4, -0.2) is 14.1 Å². The Kier molecular flexibility index (Phi) is 13.5. The van der Waals surface area contributed by atoms with Crippen molar-refractivity contribution in [1.29, 1.82) is 0 Å². The van der Waals surface area contributed by atoms with Crippen LogP contribution in [0.3, 0.4) is 0 Å². The molecule has 0 unspecified atom stereocenters. The Morgan fingerprint density at radius 3 is 1.84 bits per heavy atom. The Morgan fingerprint density at radius 2 is 1.32 bits per heavy atom. The summed E-state index contributed by atoms with van der Waals surface area (Å²) in [5.74, 6) is 1.77. The van der Waals surface area contributed by atoms with Gasteiger partial charge < -0.3 is 0 Å². The van der Waals surface area contributed by atoms with Gasteiger partial charge in [0.25, 0.3) is 14.1 Å². The van der Waals surface area contributed by atoms with E-state index in [4.69, 9.17) is 0 Å². The summed E-state index contributed by atoms with van der Waals surface area (Å²) < 4.78 is 0. The van der Waals surface area contributed by atoms with Crippen LogP contribution in [0.1, 0.15) is 79.6 Å². The maximum absolute atomic E-state index is 2.64. The van der Waals surface area contributed by atoms with Crippen LogP contribution >= 0.6 is 0 Å². The molecule has 0 aliphatic rings. The largest absolute Gasteiger partial charge is 0.294 e. The standard InChI is InChI=1S/C10H19.2C4H9.Al/c1-3-5-7-9-10-8-6-4-2;2*1-4(2)3;/h1,3H,4-10H2,2H3;2*4H,1H2,2-3H3;. The molecule has 112 valence electrons. The molecular formula is C18H37Al. The molecule has 0 saturated heterocycles. The van der Waals surface area contributed by atoms with Gasteiger partial charge in [-0.2, -0.15) is 0 Å². The van der Waals surface area contributed by atoms with Gasteiger partial charge in [-0.3, -0.25) is 0 Å². The van der Waals surface area contributed by atoms with E-state index in [-0.39, 0.29) is 0 Å². The zero-order valence-corrected chi connectivity index (χ0v) is 15.4. The summed E-state index contributed by atoms with van der Waals surface area (Å²) in [6.07, 6.45) is 12.4. The molecule has 0 aromatic rings. The van der Waals surface area contributed by atoms with Gasteiger partial charge in [0.05, 0.1) is 0 Å². The summed E-state index contributed by atoms with van der Waals surface area (Å²) >= 11 is -0.600. The molecule has 0 rings (SSSR count). The van der Waals surface area contributed by atoms with Gasteiger partial charge in [-0.15, -0.1) is 11.0 Å². The van der Waals surface area contributed by atoms with Crippen molar-refractivity contribution in [3.8, 4) is 0 Å². The normalized spacial score (nSPS) is 11.9. The lowest BCUT2D eigenvalue weighted by atomic mass is 10.1. The molecule has 0 saturated carbocycles. The van der Waals surface area contributed by atoms with Crippen molar-refractivity contribution in [2.24, 2.45) is 11.8 Å². The van der Waals surface area contributed by atoms with Crippen LogP contribution in [0.25, 0.3) is 0 Å². The van der Waals surface area contributed by atoms with Crippen LogP contribution in [-0.2, 0) is 0 Å². The third-order valence-corrected chi connectivity index (χ3v) is 7.59. The highest BCUT2D eigenvalue weighted by molar-refractivity contribution is 6.64. The van der Waals surface area contributed by atoms with E-state index in [1.165, 1.54) is 55.5 Å². The lowest BCUT2D eigenvalue weighted by molar-refractivity contribution is 0.611. The monoisotopic (exact) mass is 280 g/mol. The van der Waals surface area contributed by atoms with Crippen LogP contribution < -0.4 is 0 Å². The summed E-state index contributed by atoms with van der Waals surface area (Å²) in [6.45, 7) is 11.8. The van der Waals surface area contributed by atoms with Crippen LogP contribution in [0.2, 0.25) is 10.6 Å². The molecule has 0 aliphatic heterocycles. The molecule has 0 aromatic heterocycles. The summed E-state index contributed by atoms with van der Waals surface area (Å²) in [7, 11) is 0. The topological polar surface area (TPSA) is 0 Å². The Morgan fingerprint density at radius 1 is 0.789 bits per heavy atom. The van der Waals surface area contributed by atoms with E-state index in [9.17, 15) is 0 Å². The zero-order valence-electron chi connectivity index (χ0n) is 14.3. The highest BCUT2D eigenvalue weighted by Gasteiger charge is 2.16. The molecule has 0 aromatic carbocycles. The van der Waals surface area contributed by atoms with E-state index in [2.05, 4.69) is 45.6 Å². The number of unbranched alkanes of at least 4 members (excludes halogenated alkanes) is 6. The van der Waals surface area contributed by atoms with E-state index < -0.39 is 14.1 Å². The van der Waals surface area contributed by atoms with Gasteiger partial charge in [-0.1, -0.05) is 89.1 Å². The van der Waals surface area contributed by atoms with Crippen LogP contribution in [0, 0.1) is 11.8 Å². The molecule has 0 nitrogen and oxygen atoms in total. The first-order valence-corrected chi connectivity index (χ1v) is 11.0. The van der Waals surface area contributed by atoms with Crippen LogP contribution in [0.4, 0.5) is 0 Å². The average Bonchev–Trinajstić information content (AvgIpc) is 2.30. The molecule has 0 N–H and O–H groups in total. The highest BCUT2D eigenvalue weighted by Crippen LogP contribution is 2.16. The fourth-order valence-electron chi connectivity index (χ4n) is 2.80. The summed E-state index contributed by atoms with van der Waals surface area (Å²) in [6, 6.07) is 0. The first-order chi connectivity index (χ1) is 9.06. The van der Waals surface area contributed by atoms with Gasteiger partial charge in [-0.05, 0) is 12.8 Å². The van der Waals surface area contributed by atoms with Crippen molar-refractivity contribution >= 4 is 14.1 Å². The molecule has 0 aliphatic carbocycles. The number of rotatable bonds is 12. The van der Waals surface area contributed by atoms with Crippen molar-refractivity contribution in [1.82, 2.24) is 0 Å². The fourth-order valence-corrected chi connectivity index (χ4v) is 6.30. The van der Waals surface area contributed by atoms with Crippen LogP contribution in [0.15, 0.2) is 11.0 Å². The maximum atomic E-state index is 2.64. The number of hydrogen-bond donors (Lipinski definition) is 0. The molecule has 0 amide bonds. The zero-order chi connectivity index (χ0) is 14.5. The molecule has 0 spiro atoms. The van der Waals surface area contributed by atoms with Gasteiger partial charge >= 0.3 is 0 Å². The van der Waals surface area contributed by atoms with Gasteiger partial charge in [0.1, 0.15) is 0 Å². The summed E-state index contributed by atoms with van der Waals surface area (Å²) in [5.41, 5.74) is 0. The van der Waals surface area contributed by atoms with E-state index in [1.54, 1.807) is 0 Å². The third-order valence-electron chi connectivity index (χ3n) is 3.68. The molecule has 0 atom stereocenters. The minimum atomic E-state index is -0.600. The average molecular weight is 280 g/mol. The van der Waals surface area contributed by atoms with E-state index in [1.807, 2.05) is 0 Å². The van der Waals surface area contributed by atoms with Crippen molar-refractivity contribution in [2.45, 2.75) is 90.1 Å². The van der Waals surface area contributed by atoms with Crippen molar-refractivity contribution in [2.75, 3.05) is 0 Å². The van der Waals surface area contributed by atoms with Gasteiger partial charge in [-0.25, -0.2) is 0 Å². The molecule has 0 radical (unpaired) electrons. The lowest BCUT2D eigenvalue weighted by Gasteiger charge is -2.12. The second-order valence-corrected chi connectivity index (χ2v) is 9.85. The maximum Gasteiger partial charge on any atom is 0.294 e. The first-order valence-electron chi connectivity index (χ1n) is 8.72. The number of allylic oxidation sites excluding steroid dienone is 1. The minimum absolute atomic E-state index is 0.600. The molecular weight excluding hydrogens is 243 g/mol. The predicted octanol–water partition coefficient (Wildman–Crippen LogP) is 6.64. The Balaban J connectivity index is 3.72. The smallest absolute Gasteiger partial charge is 0.148 e. The Bertz CT molecular complexity index is 196. The second-order valence-electron chi connectivity index (χ2n) is 7.00. The summed E-state index contributed by atoms with van der Waals surface area (Å²) in [5, 5.41) is 2.98. The van der Waals surface area contributed by atoms with E-state index in [0.717, 1.165) is 11.8 Å². The summed E-state index contributed by atoms with van der Waals surface area (Å²) in [4.78, 5) is 2.64. The lowest BCUT2D eigenvalue weighted by Crippen LogP contribution is -2.15.